The summed E-state index contributed by atoms with van der Waals surface area (Å²) in [7, 11) is 3.30. The number of hydrogen-bond acceptors (Lipinski definition) is 12. The summed E-state index contributed by atoms with van der Waals surface area (Å²) in [5, 5.41) is -1.31. The highest BCUT2D eigenvalue weighted by Gasteiger charge is 2.37. The van der Waals surface area contributed by atoms with Crippen molar-refractivity contribution in [1.29, 1.82) is 0 Å². The van der Waals surface area contributed by atoms with Crippen molar-refractivity contribution in [3.05, 3.63) is 159 Å². The number of halogens is 12. The van der Waals surface area contributed by atoms with Gasteiger partial charge in [0.15, 0.2) is 13.2 Å². The number of aromatic nitrogens is 4. The van der Waals surface area contributed by atoms with E-state index in [4.69, 9.17) is 42.1 Å². The maximum Gasteiger partial charge on any atom is 0.420 e. The van der Waals surface area contributed by atoms with E-state index in [1.165, 1.54) is 48.5 Å². The molecular weight excluding hydrogens is 1030 g/mol. The van der Waals surface area contributed by atoms with Gasteiger partial charge in [-0.15, -0.1) is 0 Å². The highest BCUT2D eigenvalue weighted by Crippen LogP contribution is 2.43. The average Bonchev–Trinajstić information content (AvgIpc) is 3.30. The number of rotatable bonds is 14. The molecule has 0 aliphatic heterocycles. The minimum Gasteiger partial charge on any atom is -0.482 e. The summed E-state index contributed by atoms with van der Waals surface area (Å²) in [6, 6.07) is 13.4. The van der Waals surface area contributed by atoms with E-state index in [-0.39, 0.29) is 23.0 Å². The molecule has 0 unspecified atom stereocenters. The smallest absolute Gasteiger partial charge is 0.420 e. The highest BCUT2D eigenvalue weighted by atomic mass is 35.5. The molecule has 0 aliphatic carbocycles. The normalized spacial score (nSPS) is 11.5. The van der Waals surface area contributed by atoms with Crippen molar-refractivity contribution in [2.45, 2.75) is 25.2 Å². The lowest BCUT2D eigenvalue weighted by Gasteiger charge is -2.18. The van der Waals surface area contributed by atoms with Gasteiger partial charge in [-0.25, -0.2) is 45.9 Å². The molecule has 0 fully saturated rings. The van der Waals surface area contributed by atoms with Crippen LogP contribution >= 0.6 is 23.2 Å². The third-order valence-electron chi connectivity index (χ3n) is 9.23. The van der Waals surface area contributed by atoms with E-state index < -0.39 is 128 Å². The van der Waals surface area contributed by atoms with Gasteiger partial charge in [0.25, 0.3) is 24.0 Å². The standard InChI is InChI=1S/C22H16ClF5N2O6.C21H14ClF5N2O6/c1-29-16(20(24)25)9-18(31)30(21(29)33)15-8-17(13(7-14(15)23)22(26,27)28)36-12-5-3-11(4-6-12)35-10-19(32)34-2;1-33-18(31)9-34-10-2-4-11(5-3-10)35-16-8-15(13(22)6-12(16)21(25,26)27)29-17(30)7-14(19(23)24)28-20(29)32/h3-9,20H,10H2,1-2H3;2-8,19H,9H2,1H3,(H,28,32). The number of alkyl halides is 10. The van der Waals surface area contributed by atoms with E-state index in [1.807, 2.05) is 0 Å². The van der Waals surface area contributed by atoms with Crippen molar-refractivity contribution in [2.24, 2.45) is 7.05 Å². The van der Waals surface area contributed by atoms with Crippen LogP contribution in [0.2, 0.25) is 10.0 Å². The van der Waals surface area contributed by atoms with Crippen molar-refractivity contribution in [2.75, 3.05) is 27.4 Å². The van der Waals surface area contributed by atoms with Crippen LogP contribution in [-0.4, -0.2) is 58.1 Å². The second-order valence-electron chi connectivity index (χ2n) is 13.9. The Balaban J connectivity index is 0.000000264. The first kappa shape index (κ1) is 54.2. The fourth-order valence-electron chi connectivity index (χ4n) is 5.84. The quantitative estimate of drug-likeness (QED) is 0.0807. The summed E-state index contributed by atoms with van der Waals surface area (Å²) in [4.78, 5) is 73.6. The zero-order valence-electron chi connectivity index (χ0n) is 35.9. The maximum absolute atomic E-state index is 13.7. The predicted octanol–water partition coefficient (Wildman–Crippen LogP) is 8.97. The van der Waals surface area contributed by atoms with Gasteiger partial charge in [-0.2, -0.15) is 26.3 Å². The number of hydrogen-bond donors (Lipinski definition) is 1. The number of carbonyl (C=O) groups is 2. The van der Waals surface area contributed by atoms with E-state index >= 15 is 0 Å². The van der Waals surface area contributed by atoms with Crippen molar-refractivity contribution < 1.29 is 81.9 Å². The van der Waals surface area contributed by atoms with Crippen LogP contribution in [0.5, 0.6) is 34.5 Å². The molecule has 2 aromatic heterocycles. The van der Waals surface area contributed by atoms with E-state index in [0.717, 1.165) is 21.3 Å². The zero-order chi connectivity index (χ0) is 52.7. The Hall–Kier alpha value is -7.74. The summed E-state index contributed by atoms with van der Waals surface area (Å²) in [6.45, 7) is -0.799. The van der Waals surface area contributed by atoms with Crippen molar-refractivity contribution >= 4 is 35.1 Å². The molecule has 6 rings (SSSR count). The number of benzene rings is 4. The molecule has 4 aromatic carbocycles. The number of ether oxygens (including phenoxy) is 6. The Morgan fingerprint density at radius 2 is 0.986 bits per heavy atom. The van der Waals surface area contributed by atoms with Crippen LogP contribution in [-0.2, 0) is 38.5 Å². The molecule has 71 heavy (non-hydrogen) atoms. The molecule has 6 aromatic rings. The lowest BCUT2D eigenvalue weighted by atomic mass is 10.1. The summed E-state index contributed by atoms with van der Waals surface area (Å²) < 4.78 is 165. The number of esters is 2. The van der Waals surface area contributed by atoms with Gasteiger partial charge < -0.3 is 33.4 Å². The van der Waals surface area contributed by atoms with Gasteiger partial charge in [0, 0.05) is 31.3 Å². The van der Waals surface area contributed by atoms with Crippen LogP contribution in [0.25, 0.3) is 11.4 Å². The molecule has 0 amide bonds. The van der Waals surface area contributed by atoms with Gasteiger partial charge in [0.1, 0.15) is 34.5 Å². The lowest BCUT2D eigenvalue weighted by molar-refractivity contribution is -0.143. The molecule has 16 nitrogen and oxygen atoms in total. The van der Waals surface area contributed by atoms with Gasteiger partial charge in [-0.3, -0.25) is 14.2 Å². The fourth-order valence-corrected chi connectivity index (χ4v) is 6.33. The Bertz CT molecular complexity index is 3140. The van der Waals surface area contributed by atoms with Crippen LogP contribution in [0.1, 0.15) is 35.4 Å². The molecule has 0 spiro atoms. The van der Waals surface area contributed by atoms with Crippen LogP contribution in [0.3, 0.4) is 0 Å². The summed E-state index contributed by atoms with van der Waals surface area (Å²) in [6.07, 6.45) is -16.2. The summed E-state index contributed by atoms with van der Waals surface area (Å²) in [5.74, 6) is -2.79. The molecule has 0 saturated heterocycles. The highest BCUT2D eigenvalue weighted by molar-refractivity contribution is 6.33. The molecule has 0 atom stereocenters. The third-order valence-corrected chi connectivity index (χ3v) is 9.84. The largest absolute Gasteiger partial charge is 0.482 e. The first-order valence-corrected chi connectivity index (χ1v) is 20.0. The summed E-state index contributed by atoms with van der Waals surface area (Å²) >= 11 is 11.9. The molecule has 0 bridgehead atoms. The Kier molecular flexibility index (Phi) is 17.1. The molecule has 28 heteroatoms. The predicted molar refractivity (Wildman–Crippen MR) is 228 cm³/mol. The van der Waals surface area contributed by atoms with Crippen LogP contribution < -0.4 is 41.4 Å². The average molecular weight is 1060 g/mol. The number of H-pyrrole nitrogens is 1. The number of nitrogens with zero attached hydrogens (tertiary/aromatic N) is 3. The van der Waals surface area contributed by atoms with Crippen LogP contribution in [0.15, 0.2) is 104 Å². The second-order valence-corrected chi connectivity index (χ2v) is 14.7. The molecule has 378 valence electrons. The number of methoxy groups -OCH3 is 2. The van der Waals surface area contributed by atoms with Gasteiger partial charge in [-0.05, 0) is 60.7 Å². The van der Waals surface area contributed by atoms with Crippen molar-refractivity contribution in [3.63, 3.8) is 0 Å². The van der Waals surface area contributed by atoms with E-state index in [0.29, 0.717) is 50.1 Å². The SMILES string of the molecule is COC(=O)COc1ccc(Oc2cc(-n3c(=O)cc(C(F)F)[nH]c3=O)c(Cl)cc2C(F)(F)F)cc1.COC(=O)COc1ccc(Oc2cc(-n3c(=O)cc(C(F)F)n(C)c3=O)c(Cl)cc2C(F)(F)F)cc1. The Morgan fingerprint density at radius 1 is 0.592 bits per heavy atom. The molecule has 1 N–H and O–H groups in total. The van der Waals surface area contributed by atoms with Crippen LogP contribution in [0.4, 0.5) is 43.9 Å². The van der Waals surface area contributed by atoms with Gasteiger partial charge in [0.2, 0.25) is 0 Å². The molecule has 0 aliphatic rings. The fraction of sp³-hybridized carbons (Fsp3) is 0.209. The number of aromatic amines is 1. The number of nitrogens with one attached hydrogen (secondary N) is 1. The first-order chi connectivity index (χ1) is 33.2. The van der Waals surface area contributed by atoms with Gasteiger partial charge in [-0.1, -0.05) is 23.2 Å². The second kappa shape index (κ2) is 22.3. The topological polar surface area (TPSA) is 188 Å². The van der Waals surface area contributed by atoms with Gasteiger partial charge >= 0.3 is 35.7 Å². The third kappa shape index (κ3) is 13.3. The summed E-state index contributed by atoms with van der Waals surface area (Å²) in [5.41, 5.74) is -10.6. The lowest BCUT2D eigenvalue weighted by Crippen LogP contribution is -2.39. The minimum atomic E-state index is -4.95. The first-order valence-electron chi connectivity index (χ1n) is 19.3. The zero-order valence-corrected chi connectivity index (χ0v) is 37.4. The van der Waals surface area contributed by atoms with E-state index in [1.54, 1.807) is 4.98 Å². The monoisotopic (exact) mass is 1050 g/mol. The van der Waals surface area contributed by atoms with E-state index in [9.17, 15) is 72.7 Å². The van der Waals surface area contributed by atoms with Crippen molar-refractivity contribution in [3.8, 4) is 45.9 Å². The Labute approximate surface area is 399 Å². The molecule has 2 heterocycles. The number of carbonyl (C=O) groups excluding carboxylic acids is 2. The maximum atomic E-state index is 13.7. The van der Waals surface area contributed by atoms with E-state index in [2.05, 4.69) is 9.47 Å². The minimum absolute atomic E-state index is 0.104. The molecule has 0 radical (unpaired) electrons. The Morgan fingerprint density at radius 3 is 1.35 bits per heavy atom. The van der Waals surface area contributed by atoms with Crippen LogP contribution in [0, 0.1) is 0 Å². The molecular formula is C43H30Cl2F10N4O12. The molecule has 0 saturated carbocycles. The van der Waals surface area contributed by atoms with Crippen molar-refractivity contribution in [1.82, 2.24) is 18.7 Å². The van der Waals surface area contributed by atoms with Gasteiger partial charge in [0.05, 0.1) is 58.2 Å².